The maximum atomic E-state index is 13.2. The van der Waals surface area contributed by atoms with E-state index >= 15 is 0 Å². The fourth-order valence-electron chi connectivity index (χ4n) is 2.95. The van der Waals surface area contributed by atoms with Crippen LogP contribution in [-0.4, -0.2) is 60.9 Å². The van der Waals surface area contributed by atoms with Crippen LogP contribution in [0.2, 0.25) is 5.02 Å². The number of benzene rings is 2. The number of nitrogens with one attached hydrogen (secondary N) is 1. The minimum Gasteiger partial charge on any atom is -0.482 e. The van der Waals surface area contributed by atoms with Gasteiger partial charge in [0.25, 0.3) is 5.91 Å². The fraction of sp³-hybridized carbons (Fsp3) is 0.300. The van der Waals surface area contributed by atoms with E-state index in [4.69, 9.17) is 16.3 Å². The summed E-state index contributed by atoms with van der Waals surface area (Å²) in [6.45, 7) is 2.24. The van der Waals surface area contributed by atoms with E-state index in [1.54, 1.807) is 35.2 Å². The van der Waals surface area contributed by atoms with Gasteiger partial charge in [-0.3, -0.25) is 14.5 Å². The van der Waals surface area contributed by atoms with Gasteiger partial charge in [-0.25, -0.2) is 4.39 Å². The number of hydrogen-bond donors (Lipinski definition) is 1. The quantitative estimate of drug-likeness (QED) is 0.683. The highest BCUT2D eigenvalue weighted by atomic mass is 79.9. The third-order valence-electron chi connectivity index (χ3n) is 4.45. The van der Waals surface area contributed by atoms with E-state index in [-0.39, 0.29) is 25.0 Å². The molecule has 3 rings (SSSR count). The van der Waals surface area contributed by atoms with Crippen LogP contribution in [0.15, 0.2) is 46.9 Å². The van der Waals surface area contributed by atoms with Crippen LogP contribution in [-0.2, 0) is 9.59 Å². The van der Waals surface area contributed by atoms with Gasteiger partial charge >= 0.3 is 0 Å². The second kappa shape index (κ2) is 10.0. The van der Waals surface area contributed by atoms with E-state index in [1.807, 2.05) is 4.90 Å². The molecule has 0 aromatic heterocycles. The summed E-state index contributed by atoms with van der Waals surface area (Å²) in [5.74, 6) is -0.297. The first-order valence-corrected chi connectivity index (χ1v) is 10.2. The van der Waals surface area contributed by atoms with Crippen LogP contribution in [0.25, 0.3) is 0 Å². The predicted molar refractivity (Wildman–Crippen MR) is 113 cm³/mol. The van der Waals surface area contributed by atoms with Gasteiger partial charge in [0.15, 0.2) is 6.61 Å². The van der Waals surface area contributed by atoms with Crippen molar-refractivity contribution in [1.82, 2.24) is 9.80 Å². The lowest BCUT2D eigenvalue weighted by Gasteiger charge is -2.34. The van der Waals surface area contributed by atoms with Crippen molar-refractivity contribution in [3.63, 3.8) is 0 Å². The van der Waals surface area contributed by atoms with Crippen LogP contribution in [0.5, 0.6) is 5.75 Å². The molecule has 0 bridgehead atoms. The largest absolute Gasteiger partial charge is 0.482 e. The van der Waals surface area contributed by atoms with Crippen molar-refractivity contribution >= 4 is 45.0 Å². The average molecular weight is 485 g/mol. The number of carbonyl (C=O) groups excluding carboxylic acids is 2. The molecule has 0 radical (unpaired) electrons. The first kappa shape index (κ1) is 21.5. The number of hydrogen-bond acceptors (Lipinski definition) is 4. The molecule has 1 heterocycles. The maximum Gasteiger partial charge on any atom is 0.260 e. The van der Waals surface area contributed by atoms with Gasteiger partial charge in [-0.15, -0.1) is 0 Å². The Hall–Kier alpha value is -2.16. The molecule has 1 aliphatic heterocycles. The Labute approximate surface area is 181 Å². The molecule has 0 atom stereocenters. The van der Waals surface area contributed by atoms with E-state index in [0.29, 0.717) is 42.6 Å². The van der Waals surface area contributed by atoms with Crippen LogP contribution in [0.1, 0.15) is 0 Å². The van der Waals surface area contributed by atoms with Crippen molar-refractivity contribution in [2.45, 2.75) is 0 Å². The van der Waals surface area contributed by atoms with Crippen molar-refractivity contribution in [1.29, 1.82) is 0 Å². The van der Waals surface area contributed by atoms with Gasteiger partial charge in [-0.2, -0.15) is 0 Å². The summed E-state index contributed by atoms with van der Waals surface area (Å²) in [4.78, 5) is 28.1. The van der Waals surface area contributed by atoms with E-state index in [1.165, 1.54) is 12.1 Å². The lowest BCUT2D eigenvalue weighted by atomic mass is 10.3. The standard InChI is InChI=1S/C20H20BrClFN3O3/c21-14-4-5-18(17(22)10-14)29-13-20(28)26-8-6-25(7-9-26)12-19(27)24-16-3-1-2-15(23)11-16/h1-5,10-11H,6-9,12-13H2,(H,24,27). The van der Waals surface area contributed by atoms with Crippen molar-refractivity contribution in [3.05, 3.63) is 57.8 Å². The van der Waals surface area contributed by atoms with Gasteiger partial charge in [0, 0.05) is 36.3 Å². The highest BCUT2D eigenvalue weighted by molar-refractivity contribution is 9.10. The molecule has 1 saturated heterocycles. The Kier molecular flexibility index (Phi) is 7.46. The minimum atomic E-state index is -0.401. The van der Waals surface area contributed by atoms with Gasteiger partial charge in [0.05, 0.1) is 11.6 Å². The smallest absolute Gasteiger partial charge is 0.260 e. The van der Waals surface area contributed by atoms with Crippen LogP contribution in [0.3, 0.4) is 0 Å². The molecule has 2 aromatic carbocycles. The molecule has 29 heavy (non-hydrogen) atoms. The molecule has 0 spiro atoms. The lowest BCUT2D eigenvalue weighted by Crippen LogP contribution is -2.51. The first-order valence-electron chi connectivity index (χ1n) is 9.04. The molecule has 0 saturated carbocycles. The summed E-state index contributed by atoms with van der Waals surface area (Å²) in [6, 6.07) is 11.0. The lowest BCUT2D eigenvalue weighted by molar-refractivity contribution is -0.135. The maximum absolute atomic E-state index is 13.2. The molecule has 6 nitrogen and oxygen atoms in total. The summed E-state index contributed by atoms with van der Waals surface area (Å²) < 4.78 is 19.5. The molecule has 2 aromatic rings. The van der Waals surface area contributed by atoms with Crippen LogP contribution < -0.4 is 10.1 Å². The summed E-state index contributed by atoms with van der Waals surface area (Å²) in [6.07, 6.45) is 0. The monoisotopic (exact) mass is 483 g/mol. The van der Waals surface area contributed by atoms with Crippen molar-refractivity contribution in [3.8, 4) is 5.75 Å². The average Bonchev–Trinajstić information content (AvgIpc) is 2.67. The molecule has 1 fully saturated rings. The van der Waals surface area contributed by atoms with Crippen molar-refractivity contribution in [2.75, 3.05) is 44.6 Å². The summed E-state index contributed by atoms with van der Waals surface area (Å²) in [7, 11) is 0. The summed E-state index contributed by atoms with van der Waals surface area (Å²) >= 11 is 9.41. The Morgan fingerprint density at radius 3 is 2.59 bits per heavy atom. The number of halogens is 3. The number of piperazine rings is 1. The normalized spacial score (nSPS) is 14.5. The highest BCUT2D eigenvalue weighted by Crippen LogP contribution is 2.27. The first-order chi connectivity index (χ1) is 13.9. The molecule has 2 amide bonds. The van der Waals surface area contributed by atoms with Crippen molar-refractivity contribution < 1.29 is 18.7 Å². The molecule has 9 heteroatoms. The third-order valence-corrected chi connectivity index (χ3v) is 5.23. The number of nitrogens with zero attached hydrogens (tertiary/aromatic N) is 2. The number of ether oxygens (including phenoxy) is 1. The molecule has 1 N–H and O–H groups in total. The number of rotatable bonds is 6. The van der Waals surface area contributed by atoms with E-state index in [2.05, 4.69) is 21.2 Å². The SMILES string of the molecule is O=C(CN1CCN(C(=O)COc2ccc(Br)cc2Cl)CC1)Nc1cccc(F)c1. The minimum absolute atomic E-state index is 0.0958. The molecule has 154 valence electrons. The van der Waals surface area contributed by atoms with Gasteiger partial charge in [0.1, 0.15) is 11.6 Å². The highest BCUT2D eigenvalue weighted by Gasteiger charge is 2.23. The summed E-state index contributed by atoms with van der Waals surface area (Å²) in [5, 5.41) is 3.11. The second-order valence-corrected chi connectivity index (χ2v) is 7.90. The van der Waals surface area contributed by atoms with Gasteiger partial charge in [-0.1, -0.05) is 33.6 Å². The number of anilines is 1. The van der Waals surface area contributed by atoms with Gasteiger partial charge < -0.3 is 15.0 Å². The van der Waals surface area contributed by atoms with E-state index < -0.39 is 5.82 Å². The fourth-order valence-corrected chi connectivity index (χ4v) is 3.68. The molecule has 0 aliphatic carbocycles. The Bertz CT molecular complexity index is 891. The zero-order valence-electron chi connectivity index (χ0n) is 15.5. The zero-order valence-corrected chi connectivity index (χ0v) is 17.9. The zero-order chi connectivity index (χ0) is 20.8. The molecular weight excluding hydrogens is 465 g/mol. The topological polar surface area (TPSA) is 61.9 Å². The Morgan fingerprint density at radius 1 is 1.14 bits per heavy atom. The van der Waals surface area contributed by atoms with Gasteiger partial charge in [-0.05, 0) is 36.4 Å². The van der Waals surface area contributed by atoms with E-state index in [0.717, 1.165) is 4.47 Å². The summed E-state index contributed by atoms with van der Waals surface area (Å²) in [5.41, 5.74) is 0.424. The molecule has 0 unspecified atom stereocenters. The van der Waals surface area contributed by atoms with Crippen LogP contribution in [0.4, 0.5) is 10.1 Å². The van der Waals surface area contributed by atoms with Crippen LogP contribution in [0, 0.1) is 5.82 Å². The predicted octanol–water partition coefficient (Wildman–Crippen LogP) is 3.40. The van der Waals surface area contributed by atoms with Crippen LogP contribution >= 0.6 is 27.5 Å². The van der Waals surface area contributed by atoms with E-state index in [9.17, 15) is 14.0 Å². The third kappa shape index (κ3) is 6.42. The molecule has 1 aliphatic rings. The van der Waals surface area contributed by atoms with Crippen molar-refractivity contribution in [2.24, 2.45) is 0 Å². The Morgan fingerprint density at radius 2 is 1.90 bits per heavy atom. The Balaban J connectivity index is 1.41. The number of amides is 2. The van der Waals surface area contributed by atoms with Gasteiger partial charge in [0.2, 0.25) is 5.91 Å². The second-order valence-electron chi connectivity index (χ2n) is 6.58. The number of carbonyl (C=O) groups is 2. The molecular formula is C20H20BrClFN3O3.